The Morgan fingerprint density at radius 1 is 1.03 bits per heavy atom. The normalized spacial score (nSPS) is 22.5. The third-order valence-corrected chi connectivity index (χ3v) is 6.19. The van der Waals surface area contributed by atoms with Gasteiger partial charge in [0.1, 0.15) is 5.92 Å². The molecule has 0 radical (unpaired) electrons. The minimum atomic E-state index is -0.581. The Bertz CT molecular complexity index is 1030. The summed E-state index contributed by atoms with van der Waals surface area (Å²) >= 11 is 0. The SMILES string of the molecule is CC1=NC2=C(C(=O)CC(C)(C)C2)[C@@H](c2ccccc2)C1C(=O)OCCc1ccccc1. The van der Waals surface area contributed by atoms with Crippen molar-refractivity contribution in [2.24, 2.45) is 16.3 Å². The number of carbonyl (C=O) groups is 2. The van der Waals surface area contributed by atoms with Gasteiger partial charge >= 0.3 is 5.97 Å². The van der Waals surface area contributed by atoms with Crippen LogP contribution < -0.4 is 0 Å². The first-order valence-corrected chi connectivity index (χ1v) is 10.9. The summed E-state index contributed by atoms with van der Waals surface area (Å²) in [7, 11) is 0. The molecule has 1 heterocycles. The summed E-state index contributed by atoms with van der Waals surface area (Å²) in [4.78, 5) is 31.2. The monoisotopic (exact) mass is 415 g/mol. The standard InChI is InChI=1S/C27H29NO3/c1-18-23(26(30)31-15-14-19-10-6-4-7-11-19)24(20-12-8-5-9-13-20)25-21(28-18)16-27(2,3)17-22(25)29/h4-13,23-24H,14-17H2,1-3H3/t23?,24-/m0/s1. The Balaban J connectivity index is 1.63. The van der Waals surface area contributed by atoms with Gasteiger partial charge in [0.15, 0.2) is 5.78 Å². The van der Waals surface area contributed by atoms with Crippen molar-refractivity contribution >= 4 is 17.5 Å². The van der Waals surface area contributed by atoms with Crippen LogP contribution in [-0.2, 0) is 20.7 Å². The van der Waals surface area contributed by atoms with Gasteiger partial charge in [0.05, 0.1) is 6.61 Å². The molecule has 0 spiro atoms. The number of nitrogens with zero attached hydrogens (tertiary/aromatic N) is 1. The van der Waals surface area contributed by atoms with Crippen molar-refractivity contribution in [2.75, 3.05) is 6.61 Å². The number of esters is 1. The van der Waals surface area contributed by atoms with Gasteiger partial charge < -0.3 is 4.74 Å². The van der Waals surface area contributed by atoms with Crippen molar-refractivity contribution in [2.45, 2.75) is 46.0 Å². The van der Waals surface area contributed by atoms with Gasteiger partial charge in [-0.2, -0.15) is 0 Å². The summed E-state index contributed by atoms with van der Waals surface area (Å²) in [5.74, 6) is -1.14. The van der Waals surface area contributed by atoms with E-state index in [-0.39, 0.29) is 23.1 Å². The van der Waals surface area contributed by atoms with Crippen LogP contribution >= 0.6 is 0 Å². The van der Waals surface area contributed by atoms with Crippen molar-refractivity contribution in [3.63, 3.8) is 0 Å². The van der Waals surface area contributed by atoms with Crippen molar-refractivity contribution in [3.05, 3.63) is 83.1 Å². The van der Waals surface area contributed by atoms with E-state index in [4.69, 9.17) is 9.73 Å². The summed E-state index contributed by atoms with van der Waals surface area (Å²) in [5.41, 5.74) is 4.22. The minimum absolute atomic E-state index is 0.0958. The minimum Gasteiger partial charge on any atom is -0.465 e. The molecule has 1 aliphatic carbocycles. The van der Waals surface area contributed by atoms with Gasteiger partial charge in [-0.05, 0) is 29.9 Å². The maximum absolute atomic E-state index is 13.3. The van der Waals surface area contributed by atoms with E-state index in [1.807, 2.05) is 67.6 Å². The van der Waals surface area contributed by atoms with E-state index in [0.717, 1.165) is 29.0 Å². The average molecular weight is 416 g/mol. The summed E-state index contributed by atoms with van der Waals surface area (Å²) < 4.78 is 5.71. The highest BCUT2D eigenvalue weighted by atomic mass is 16.5. The number of benzene rings is 2. The van der Waals surface area contributed by atoms with E-state index in [2.05, 4.69) is 13.8 Å². The highest BCUT2D eigenvalue weighted by Gasteiger charge is 2.45. The van der Waals surface area contributed by atoms with Crippen molar-refractivity contribution < 1.29 is 14.3 Å². The molecule has 0 fully saturated rings. The van der Waals surface area contributed by atoms with Crippen molar-refractivity contribution in [1.82, 2.24) is 0 Å². The van der Waals surface area contributed by atoms with Gasteiger partial charge in [-0.3, -0.25) is 14.6 Å². The van der Waals surface area contributed by atoms with E-state index >= 15 is 0 Å². The second-order valence-electron chi connectivity index (χ2n) is 9.32. The van der Waals surface area contributed by atoms with Crippen LogP contribution in [0, 0.1) is 11.3 Å². The number of aliphatic imine (C=N–C) groups is 1. The number of hydrogen-bond acceptors (Lipinski definition) is 4. The maximum atomic E-state index is 13.3. The highest BCUT2D eigenvalue weighted by Crippen LogP contribution is 2.47. The number of carbonyl (C=O) groups excluding carboxylic acids is 2. The first kappa shape index (κ1) is 21.2. The summed E-state index contributed by atoms with van der Waals surface area (Å²) in [6.45, 7) is 6.39. The number of hydrogen-bond donors (Lipinski definition) is 0. The summed E-state index contributed by atoms with van der Waals surface area (Å²) in [6.07, 6.45) is 1.87. The molecule has 4 nitrogen and oxygen atoms in total. The molecule has 4 heteroatoms. The first-order valence-electron chi connectivity index (χ1n) is 10.9. The van der Waals surface area contributed by atoms with Gasteiger partial charge in [0.2, 0.25) is 0 Å². The lowest BCUT2D eigenvalue weighted by Crippen LogP contribution is -2.39. The number of Topliss-reactive ketones (excluding diaryl/α,β-unsaturated/α-hetero) is 1. The predicted octanol–water partition coefficient (Wildman–Crippen LogP) is 5.29. The topological polar surface area (TPSA) is 55.7 Å². The van der Waals surface area contributed by atoms with Crippen LogP contribution in [0.15, 0.2) is 76.9 Å². The molecule has 2 aromatic carbocycles. The number of rotatable bonds is 5. The second kappa shape index (κ2) is 8.62. The van der Waals surface area contributed by atoms with Gasteiger partial charge in [0, 0.05) is 35.7 Å². The Hall–Kier alpha value is -3.01. The zero-order chi connectivity index (χ0) is 22.0. The number of ketones is 1. The van der Waals surface area contributed by atoms with Gasteiger partial charge in [-0.25, -0.2) is 0 Å². The number of ether oxygens (including phenoxy) is 1. The van der Waals surface area contributed by atoms with Crippen LogP contribution in [0.2, 0.25) is 0 Å². The van der Waals surface area contributed by atoms with Crippen LogP contribution in [-0.4, -0.2) is 24.1 Å². The Morgan fingerprint density at radius 3 is 2.35 bits per heavy atom. The smallest absolute Gasteiger partial charge is 0.315 e. The van der Waals surface area contributed by atoms with E-state index in [0.29, 0.717) is 25.0 Å². The predicted molar refractivity (Wildman–Crippen MR) is 122 cm³/mol. The third-order valence-electron chi connectivity index (χ3n) is 6.19. The lowest BCUT2D eigenvalue weighted by molar-refractivity contribution is -0.146. The summed E-state index contributed by atoms with van der Waals surface area (Å²) in [5, 5.41) is 0. The van der Waals surface area contributed by atoms with E-state index < -0.39 is 5.92 Å². The van der Waals surface area contributed by atoms with Crippen LogP contribution in [0.25, 0.3) is 0 Å². The molecule has 2 atom stereocenters. The molecule has 0 N–H and O–H groups in total. The molecule has 0 bridgehead atoms. The molecular formula is C27H29NO3. The fourth-order valence-electron chi connectivity index (χ4n) is 4.77. The molecular weight excluding hydrogens is 386 g/mol. The molecule has 1 unspecified atom stereocenters. The molecule has 0 saturated heterocycles. The molecule has 2 aliphatic rings. The van der Waals surface area contributed by atoms with Crippen LogP contribution in [0.4, 0.5) is 0 Å². The van der Waals surface area contributed by atoms with Crippen LogP contribution in [0.5, 0.6) is 0 Å². The van der Waals surface area contributed by atoms with Crippen LogP contribution in [0.3, 0.4) is 0 Å². The highest BCUT2D eigenvalue weighted by molar-refractivity contribution is 6.09. The fraction of sp³-hybridized carbons (Fsp3) is 0.370. The van der Waals surface area contributed by atoms with E-state index in [1.165, 1.54) is 0 Å². The average Bonchev–Trinajstić information content (AvgIpc) is 2.73. The maximum Gasteiger partial charge on any atom is 0.315 e. The third kappa shape index (κ3) is 4.53. The molecule has 31 heavy (non-hydrogen) atoms. The zero-order valence-corrected chi connectivity index (χ0v) is 18.4. The number of allylic oxidation sites excluding steroid dienone is 2. The molecule has 1 aliphatic heterocycles. The molecule has 2 aromatic rings. The van der Waals surface area contributed by atoms with Crippen LogP contribution in [0.1, 0.15) is 50.7 Å². The van der Waals surface area contributed by atoms with E-state index in [9.17, 15) is 9.59 Å². The molecule has 0 saturated carbocycles. The fourth-order valence-corrected chi connectivity index (χ4v) is 4.77. The first-order chi connectivity index (χ1) is 14.9. The van der Waals surface area contributed by atoms with Crippen molar-refractivity contribution in [1.29, 1.82) is 0 Å². The van der Waals surface area contributed by atoms with Crippen molar-refractivity contribution in [3.8, 4) is 0 Å². The van der Waals surface area contributed by atoms with E-state index in [1.54, 1.807) is 0 Å². The second-order valence-corrected chi connectivity index (χ2v) is 9.32. The molecule has 0 amide bonds. The molecule has 160 valence electrons. The van der Waals surface area contributed by atoms with Gasteiger partial charge in [-0.1, -0.05) is 74.5 Å². The van der Waals surface area contributed by atoms with Gasteiger partial charge in [0.25, 0.3) is 0 Å². The quantitative estimate of drug-likeness (QED) is 0.624. The summed E-state index contributed by atoms with van der Waals surface area (Å²) in [6, 6.07) is 19.8. The lowest BCUT2D eigenvalue weighted by atomic mass is 9.67. The molecule has 4 rings (SSSR count). The zero-order valence-electron chi connectivity index (χ0n) is 18.4. The Kier molecular flexibility index (Phi) is 5.90. The van der Waals surface area contributed by atoms with Gasteiger partial charge in [-0.15, -0.1) is 0 Å². The Labute approximate surface area is 184 Å². The lowest BCUT2D eigenvalue weighted by Gasteiger charge is -2.39. The molecule has 0 aromatic heterocycles. The largest absolute Gasteiger partial charge is 0.465 e. The Morgan fingerprint density at radius 2 is 1.68 bits per heavy atom.